The number of nitrogens with zero attached hydrogens (tertiary/aromatic N) is 4. The first-order valence-corrected chi connectivity index (χ1v) is 9.01. The molecule has 28 heavy (non-hydrogen) atoms. The SMILES string of the molecule is CN=C(NCc1ccc(OC)cc1OC)N1CCN(Cc2ccon2)CC1.I. The molecule has 2 aromatic rings. The second kappa shape index (κ2) is 11.1. The molecule has 1 saturated heterocycles. The number of guanidine groups is 1. The van der Waals surface area contributed by atoms with Crippen molar-refractivity contribution < 1.29 is 14.0 Å². The van der Waals surface area contributed by atoms with Crippen LogP contribution in [0.2, 0.25) is 0 Å². The number of methoxy groups -OCH3 is 2. The van der Waals surface area contributed by atoms with Gasteiger partial charge in [-0.3, -0.25) is 9.89 Å². The fourth-order valence-electron chi connectivity index (χ4n) is 3.17. The molecule has 0 saturated carbocycles. The van der Waals surface area contributed by atoms with Gasteiger partial charge in [0, 0.05) is 64.0 Å². The van der Waals surface area contributed by atoms with Gasteiger partial charge in [0.1, 0.15) is 17.8 Å². The Bertz CT molecular complexity index is 746. The van der Waals surface area contributed by atoms with Crippen molar-refractivity contribution in [3.05, 3.63) is 41.8 Å². The van der Waals surface area contributed by atoms with E-state index < -0.39 is 0 Å². The molecule has 0 atom stereocenters. The van der Waals surface area contributed by atoms with E-state index in [9.17, 15) is 0 Å². The Morgan fingerprint density at radius 1 is 1.18 bits per heavy atom. The van der Waals surface area contributed by atoms with Crippen molar-refractivity contribution in [1.82, 2.24) is 20.3 Å². The van der Waals surface area contributed by atoms with Gasteiger partial charge in [0.15, 0.2) is 5.96 Å². The van der Waals surface area contributed by atoms with Crippen molar-refractivity contribution in [2.45, 2.75) is 13.1 Å². The van der Waals surface area contributed by atoms with Gasteiger partial charge >= 0.3 is 0 Å². The molecule has 0 amide bonds. The highest BCUT2D eigenvalue weighted by atomic mass is 127. The summed E-state index contributed by atoms with van der Waals surface area (Å²) in [7, 11) is 5.13. The van der Waals surface area contributed by atoms with Crippen LogP contribution in [0, 0.1) is 0 Å². The molecule has 1 aliphatic heterocycles. The number of hydrogen-bond donors (Lipinski definition) is 1. The smallest absolute Gasteiger partial charge is 0.194 e. The Balaban J connectivity index is 0.00000280. The number of benzene rings is 1. The third kappa shape index (κ3) is 5.74. The van der Waals surface area contributed by atoms with E-state index in [1.807, 2.05) is 31.3 Å². The van der Waals surface area contributed by atoms with Gasteiger partial charge in [0.05, 0.1) is 19.9 Å². The van der Waals surface area contributed by atoms with Crippen LogP contribution in [0.3, 0.4) is 0 Å². The zero-order valence-electron chi connectivity index (χ0n) is 16.6. The molecule has 1 N–H and O–H groups in total. The molecule has 0 bridgehead atoms. The molecular weight excluding hydrogens is 473 g/mol. The maximum Gasteiger partial charge on any atom is 0.194 e. The van der Waals surface area contributed by atoms with E-state index in [0.717, 1.165) is 61.4 Å². The predicted octanol–water partition coefficient (Wildman–Crippen LogP) is 2.20. The van der Waals surface area contributed by atoms with Crippen LogP contribution < -0.4 is 14.8 Å². The van der Waals surface area contributed by atoms with E-state index in [-0.39, 0.29) is 24.0 Å². The van der Waals surface area contributed by atoms with Crippen LogP contribution in [-0.2, 0) is 13.1 Å². The highest BCUT2D eigenvalue weighted by Crippen LogP contribution is 2.24. The molecule has 2 heterocycles. The standard InChI is InChI=1S/C19H27N5O3.HI/c1-20-19(21-13-15-4-5-17(25-2)12-18(15)26-3)24-9-7-23(8-10-24)14-16-6-11-27-22-16;/h4-6,11-12H,7-10,13-14H2,1-3H3,(H,20,21);1H. The molecule has 1 aromatic carbocycles. The highest BCUT2D eigenvalue weighted by Gasteiger charge is 2.20. The Hall–Kier alpha value is -2.01. The fraction of sp³-hybridized carbons (Fsp3) is 0.474. The average molecular weight is 501 g/mol. The third-order valence-electron chi connectivity index (χ3n) is 4.69. The molecule has 8 nitrogen and oxygen atoms in total. The number of piperazine rings is 1. The summed E-state index contributed by atoms with van der Waals surface area (Å²) >= 11 is 0. The zero-order chi connectivity index (χ0) is 19.1. The quantitative estimate of drug-likeness (QED) is 0.370. The number of hydrogen-bond acceptors (Lipinski definition) is 6. The van der Waals surface area contributed by atoms with E-state index in [0.29, 0.717) is 6.54 Å². The third-order valence-corrected chi connectivity index (χ3v) is 4.69. The highest BCUT2D eigenvalue weighted by molar-refractivity contribution is 14.0. The molecule has 0 spiro atoms. The van der Waals surface area contributed by atoms with Crippen molar-refractivity contribution in [1.29, 1.82) is 0 Å². The van der Waals surface area contributed by atoms with Gasteiger partial charge in [-0.15, -0.1) is 24.0 Å². The van der Waals surface area contributed by atoms with E-state index in [4.69, 9.17) is 14.0 Å². The van der Waals surface area contributed by atoms with Crippen molar-refractivity contribution in [2.24, 2.45) is 4.99 Å². The van der Waals surface area contributed by atoms with Crippen molar-refractivity contribution in [2.75, 3.05) is 47.4 Å². The van der Waals surface area contributed by atoms with Gasteiger partial charge in [0.2, 0.25) is 0 Å². The van der Waals surface area contributed by atoms with Crippen LogP contribution in [0.25, 0.3) is 0 Å². The Kier molecular flexibility index (Phi) is 8.84. The van der Waals surface area contributed by atoms with Crippen LogP contribution in [0.15, 0.2) is 40.0 Å². The minimum Gasteiger partial charge on any atom is -0.497 e. The number of aromatic nitrogens is 1. The summed E-state index contributed by atoms with van der Waals surface area (Å²) in [6.07, 6.45) is 1.62. The van der Waals surface area contributed by atoms with Gasteiger partial charge in [-0.2, -0.15) is 0 Å². The van der Waals surface area contributed by atoms with E-state index in [1.54, 1.807) is 20.5 Å². The predicted molar refractivity (Wildman–Crippen MR) is 119 cm³/mol. The first-order valence-electron chi connectivity index (χ1n) is 9.01. The van der Waals surface area contributed by atoms with Gasteiger partial charge in [0.25, 0.3) is 0 Å². The summed E-state index contributed by atoms with van der Waals surface area (Å²) in [5, 5.41) is 7.42. The lowest BCUT2D eigenvalue weighted by Crippen LogP contribution is -2.52. The topological polar surface area (TPSA) is 75.4 Å². The molecule has 154 valence electrons. The molecule has 0 radical (unpaired) electrons. The van der Waals surface area contributed by atoms with Gasteiger partial charge in [-0.25, -0.2) is 0 Å². The summed E-state index contributed by atoms with van der Waals surface area (Å²) in [5.74, 6) is 2.48. The molecule has 3 rings (SSSR count). The number of rotatable bonds is 6. The molecule has 1 aliphatic rings. The average Bonchev–Trinajstić information content (AvgIpc) is 3.22. The van der Waals surface area contributed by atoms with Crippen LogP contribution in [0.4, 0.5) is 0 Å². The second-order valence-corrected chi connectivity index (χ2v) is 6.33. The first kappa shape index (κ1) is 22.3. The summed E-state index contributed by atoms with van der Waals surface area (Å²) < 4.78 is 15.6. The van der Waals surface area contributed by atoms with E-state index in [1.165, 1.54) is 0 Å². The Labute approximate surface area is 182 Å². The largest absolute Gasteiger partial charge is 0.497 e. The molecule has 9 heteroatoms. The first-order chi connectivity index (χ1) is 13.2. The summed E-state index contributed by atoms with van der Waals surface area (Å²) in [5.41, 5.74) is 2.03. The number of halogens is 1. The van der Waals surface area contributed by atoms with Gasteiger partial charge in [-0.1, -0.05) is 5.16 Å². The molecule has 0 unspecified atom stereocenters. The lowest BCUT2D eigenvalue weighted by atomic mass is 10.2. The molecular formula is C19H28IN5O3. The van der Waals surface area contributed by atoms with E-state index in [2.05, 4.69) is 25.3 Å². The van der Waals surface area contributed by atoms with Crippen molar-refractivity contribution in [3.8, 4) is 11.5 Å². The monoisotopic (exact) mass is 501 g/mol. The minimum atomic E-state index is 0. The normalized spacial score (nSPS) is 15.1. The van der Waals surface area contributed by atoms with Crippen LogP contribution >= 0.6 is 24.0 Å². The zero-order valence-corrected chi connectivity index (χ0v) is 18.9. The molecule has 0 aliphatic carbocycles. The van der Waals surface area contributed by atoms with Crippen LogP contribution in [0.5, 0.6) is 11.5 Å². The van der Waals surface area contributed by atoms with Crippen LogP contribution in [0.1, 0.15) is 11.3 Å². The number of aliphatic imine (C=N–C) groups is 1. The Morgan fingerprint density at radius 3 is 2.57 bits per heavy atom. The molecule has 1 aromatic heterocycles. The van der Waals surface area contributed by atoms with Crippen LogP contribution in [-0.4, -0.2) is 68.4 Å². The number of ether oxygens (including phenoxy) is 2. The number of nitrogens with one attached hydrogen (secondary N) is 1. The summed E-state index contributed by atoms with van der Waals surface area (Å²) in [4.78, 5) is 9.08. The maximum absolute atomic E-state index is 5.47. The van der Waals surface area contributed by atoms with E-state index >= 15 is 0 Å². The summed E-state index contributed by atoms with van der Waals surface area (Å²) in [6, 6.07) is 7.75. The van der Waals surface area contributed by atoms with Crippen molar-refractivity contribution >= 4 is 29.9 Å². The van der Waals surface area contributed by atoms with Crippen molar-refractivity contribution in [3.63, 3.8) is 0 Å². The Morgan fingerprint density at radius 2 is 1.96 bits per heavy atom. The lowest BCUT2D eigenvalue weighted by molar-refractivity contribution is 0.169. The van der Waals surface area contributed by atoms with Gasteiger partial charge < -0.3 is 24.2 Å². The second-order valence-electron chi connectivity index (χ2n) is 6.33. The molecule has 1 fully saturated rings. The minimum absolute atomic E-state index is 0. The van der Waals surface area contributed by atoms with Gasteiger partial charge in [-0.05, 0) is 12.1 Å². The lowest BCUT2D eigenvalue weighted by Gasteiger charge is -2.36. The fourth-order valence-corrected chi connectivity index (χ4v) is 3.17. The summed E-state index contributed by atoms with van der Waals surface area (Å²) in [6.45, 7) is 5.20. The maximum atomic E-state index is 5.47.